The van der Waals surface area contributed by atoms with Crippen molar-refractivity contribution in [2.75, 3.05) is 28.4 Å². The average Bonchev–Trinajstić information content (AvgIpc) is 2.71. The predicted octanol–water partition coefficient (Wildman–Crippen LogP) is 3.78. The lowest BCUT2D eigenvalue weighted by Gasteiger charge is -2.23. The molecule has 0 fully saturated rings. The van der Waals surface area contributed by atoms with Crippen molar-refractivity contribution in [1.29, 1.82) is 0 Å². The first kappa shape index (κ1) is 21.4. The van der Waals surface area contributed by atoms with E-state index in [0.717, 1.165) is 16.9 Å². The van der Waals surface area contributed by atoms with E-state index in [1.807, 2.05) is 30.3 Å². The van der Waals surface area contributed by atoms with E-state index < -0.39 is 0 Å². The van der Waals surface area contributed by atoms with Crippen molar-refractivity contribution in [2.45, 2.75) is 26.3 Å². The van der Waals surface area contributed by atoms with Crippen molar-refractivity contribution in [3.63, 3.8) is 0 Å². The molecule has 0 radical (unpaired) electrons. The second-order valence-corrected chi connectivity index (χ2v) is 6.73. The fourth-order valence-corrected chi connectivity index (χ4v) is 3.15. The van der Waals surface area contributed by atoms with Gasteiger partial charge in [-0.15, -0.1) is 0 Å². The lowest BCUT2D eigenvalue weighted by Crippen LogP contribution is -2.33. The van der Waals surface area contributed by atoms with Crippen LogP contribution < -0.4 is 24.3 Å². The molecule has 0 aliphatic carbocycles. The Morgan fingerprint density at radius 2 is 1.50 bits per heavy atom. The van der Waals surface area contributed by atoms with E-state index in [1.165, 1.54) is 0 Å². The lowest BCUT2D eigenvalue weighted by atomic mass is 9.95. The number of nitrogens with one attached hydrogen (secondary N) is 1. The Kier molecular flexibility index (Phi) is 7.55. The number of ether oxygens (including phenoxy) is 4. The molecule has 1 atom stereocenters. The molecule has 0 saturated carbocycles. The van der Waals surface area contributed by atoms with Crippen LogP contribution in [0.2, 0.25) is 0 Å². The van der Waals surface area contributed by atoms with Gasteiger partial charge in [-0.2, -0.15) is 0 Å². The number of hydrogen-bond donors (Lipinski definition) is 1. The van der Waals surface area contributed by atoms with Crippen molar-refractivity contribution in [3.8, 4) is 23.0 Å². The summed E-state index contributed by atoms with van der Waals surface area (Å²) in [6.07, 6.45) is 0.170. The Bertz CT molecular complexity index is 786. The monoisotopic (exact) mass is 387 g/mol. The van der Waals surface area contributed by atoms with Crippen molar-refractivity contribution >= 4 is 5.91 Å². The van der Waals surface area contributed by atoms with E-state index in [4.69, 9.17) is 18.9 Å². The first-order valence-electron chi connectivity index (χ1n) is 9.16. The van der Waals surface area contributed by atoms with Crippen molar-refractivity contribution in [3.05, 3.63) is 47.5 Å². The number of methoxy groups -OCH3 is 4. The molecule has 2 rings (SSSR count). The Labute approximate surface area is 166 Å². The molecule has 0 aromatic heterocycles. The third-order valence-electron chi connectivity index (χ3n) is 4.59. The molecule has 2 aromatic rings. The molecule has 0 aliphatic heterocycles. The molecule has 2 aromatic carbocycles. The standard InChI is InChI=1S/C22H29NO5/c1-14(2)20(15-7-10-17(25-3)11-8-15)23-19(24)13-16-9-12-18(26-4)22(28-6)21(16)27-5/h7-12,14,20H,13H2,1-6H3,(H,23,24). The van der Waals surface area contributed by atoms with Crippen LogP contribution >= 0.6 is 0 Å². The molecule has 1 unspecified atom stereocenters. The number of amides is 1. The largest absolute Gasteiger partial charge is 0.497 e. The first-order chi connectivity index (χ1) is 13.4. The third kappa shape index (κ3) is 4.88. The molecule has 1 amide bonds. The van der Waals surface area contributed by atoms with Gasteiger partial charge in [0, 0.05) is 5.56 Å². The summed E-state index contributed by atoms with van der Waals surface area (Å²) in [4.78, 5) is 12.8. The van der Waals surface area contributed by atoms with Crippen molar-refractivity contribution in [2.24, 2.45) is 5.92 Å². The average molecular weight is 387 g/mol. The number of hydrogen-bond acceptors (Lipinski definition) is 5. The van der Waals surface area contributed by atoms with Crippen LogP contribution in [0.4, 0.5) is 0 Å². The van der Waals surface area contributed by atoms with E-state index in [-0.39, 0.29) is 24.3 Å². The van der Waals surface area contributed by atoms with Crippen LogP contribution in [-0.4, -0.2) is 34.3 Å². The van der Waals surface area contributed by atoms with Gasteiger partial charge in [-0.1, -0.05) is 32.0 Å². The third-order valence-corrected chi connectivity index (χ3v) is 4.59. The predicted molar refractivity (Wildman–Crippen MR) is 109 cm³/mol. The SMILES string of the molecule is COc1ccc(C(NC(=O)Cc2ccc(OC)c(OC)c2OC)C(C)C)cc1. The van der Waals surface area contributed by atoms with Gasteiger partial charge >= 0.3 is 0 Å². The van der Waals surface area contributed by atoms with Gasteiger partial charge in [0.1, 0.15) is 5.75 Å². The lowest BCUT2D eigenvalue weighted by molar-refractivity contribution is -0.121. The number of carbonyl (C=O) groups excluding carboxylic acids is 1. The normalized spacial score (nSPS) is 11.7. The molecule has 6 nitrogen and oxygen atoms in total. The quantitative estimate of drug-likeness (QED) is 0.709. The van der Waals surface area contributed by atoms with Gasteiger partial charge in [-0.25, -0.2) is 0 Å². The first-order valence-corrected chi connectivity index (χ1v) is 9.16. The fourth-order valence-electron chi connectivity index (χ4n) is 3.15. The maximum absolute atomic E-state index is 12.8. The zero-order valence-corrected chi connectivity index (χ0v) is 17.4. The van der Waals surface area contributed by atoms with Gasteiger partial charge in [-0.3, -0.25) is 4.79 Å². The van der Waals surface area contributed by atoms with Gasteiger partial charge in [0.15, 0.2) is 11.5 Å². The molecule has 0 spiro atoms. The summed E-state index contributed by atoms with van der Waals surface area (Å²) in [6, 6.07) is 11.2. The summed E-state index contributed by atoms with van der Waals surface area (Å²) in [7, 11) is 6.29. The van der Waals surface area contributed by atoms with E-state index in [9.17, 15) is 4.79 Å². The fraction of sp³-hybridized carbons (Fsp3) is 0.409. The van der Waals surface area contributed by atoms with Crippen LogP contribution in [0.15, 0.2) is 36.4 Å². The van der Waals surface area contributed by atoms with Crippen LogP contribution in [0, 0.1) is 5.92 Å². The number of benzene rings is 2. The van der Waals surface area contributed by atoms with Gasteiger partial charge in [-0.05, 0) is 29.7 Å². The second-order valence-electron chi connectivity index (χ2n) is 6.73. The van der Waals surface area contributed by atoms with E-state index in [1.54, 1.807) is 34.5 Å². The Hall–Kier alpha value is -2.89. The highest BCUT2D eigenvalue weighted by Gasteiger charge is 2.21. The maximum Gasteiger partial charge on any atom is 0.225 e. The number of rotatable bonds is 9. The zero-order valence-electron chi connectivity index (χ0n) is 17.4. The van der Waals surface area contributed by atoms with Gasteiger partial charge in [0.25, 0.3) is 0 Å². The van der Waals surface area contributed by atoms with Gasteiger partial charge in [0.05, 0.1) is 40.9 Å². The Balaban J connectivity index is 2.21. The smallest absolute Gasteiger partial charge is 0.225 e. The molecule has 6 heteroatoms. The minimum absolute atomic E-state index is 0.0972. The summed E-state index contributed by atoms with van der Waals surface area (Å²) in [5.74, 6) is 2.45. The molecule has 152 valence electrons. The van der Waals surface area contributed by atoms with Crippen LogP contribution in [-0.2, 0) is 11.2 Å². The van der Waals surface area contributed by atoms with Crippen molar-refractivity contribution < 1.29 is 23.7 Å². The molecular formula is C22H29NO5. The Morgan fingerprint density at radius 3 is 2.00 bits per heavy atom. The van der Waals surface area contributed by atoms with E-state index in [2.05, 4.69) is 19.2 Å². The number of carbonyl (C=O) groups is 1. The minimum Gasteiger partial charge on any atom is -0.497 e. The van der Waals surface area contributed by atoms with Crippen LogP contribution in [0.25, 0.3) is 0 Å². The molecule has 0 saturated heterocycles. The summed E-state index contributed by atoms with van der Waals surface area (Å²) >= 11 is 0. The zero-order chi connectivity index (χ0) is 20.7. The topological polar surface area (TPSA) is 66.0 Å². The summed E-state index contributed by atoms with van der Waals surface area (Å²) in [5, 5.41) is 3.13. The molecule has 0 bridgehead atoms. The van der Waals surface area contributed by atoms with Crippen LogP contribution in [0.5, 0.6) is 23.0 Å². The highest BCUT2D eigenvalue weighted by atomic mass is 16.5. The van der Waals surface area contributed by atoms with Gasteiger partial charge < -0.3 is 24.3 Å². The maximum atomic E-state index is 12.8. The Morgan fingerprint density at radius 1 is 0.857 bits per heavy atom. The molecular weight excluding hydrogens is 358 g/mol. The summed E-state index contributed by atoms with van der Waals surface area (Å²) in [5.41, 5.74) is 1.76. The highest BCUT2D eigenvalue weighted by molar-refractivity contribution is 5.80. The van der Waals surface area contributed by atoms with Crippen molar-refractivity contribution in [1.82, 2.24) is 5.32 Å². The highest BCUT2D eigenvalue weighted by Crippen LogP contribution is 2.40. The van der Waals surface area contributed by atoms with Crippen LogP contribution in [0.3, 0.4) is 0 Å². The van der Waals surface area contributed by atoms with E-state index >= 15 is 0 Å². The van der Waals surface area contributed by atoms with Crippen LogP contribution in [0.1, 0.15) is 31.0 Å². The minimum atomic E-state index is -0.107. The molecule has 0 aliphatic rings. The second kappa shape index (κ2) is 9.88. The molecule has 1 N–H and O–H groups in total. The summed E-state index contributed by atoms with van der Waals surface area (Å²) in [6.45, 7) is 4.15. The molecule has 0 heterocycles. The molecule has 28 heavy (non-hydrogen) atoms. The summed E-state index contributed by atoms with van der Waals surface area (Å²) < 4.78 is 21.4. The van der Waals surface area contributed by atoms with E-state index in [0.29, 0.717) is 17.2 Å². The van der Waals surface area contributed by atoms with Gasteiger partial charge in [0.2, 0.25) is 11.7 Å².